The van der Waals surface area contributed by atoms with Gasteiger partial charge in [-0.15, -0.1) is 10.2 Å². The molecule has 1 N–H and O–H groups in total. The number of para-hydroxylation sites is 1. The van der Waals surface area contributed by atoms with E-state index in [-0.39, 0.29) is 33.3 Å². The highest BCUT2D eigenvalue weighted by Crippen LogP contribution is 2.26. The maximum atomic E-state index is 13.1. The lowest BCUT2D eigenvalue weighted by Gasteiger charge is -2.11. The van der Waals surface area contributed by atoms with Crippen LogP contribution in [-0.4, -0.2) is 52.9 Å². The van der Waals surface area contributed by atoms with E-state index >= 15 is 0 Å². The van der Waals surface area contributed by atoms with Crippen molar-refractivity contribution in [1.29, 1.82) is 0 Å². The molecule has 0 fully saturated rings. The second-order valence-electron chi connectivity index (χ2n) is 7.90. The van der Waals surface area contributed by atoms with Gasteiger partial charge in [-0.2, -0.15) is 0 Å². The Morgan fingerprint density at radius 1 is 1.05 bits per heavy atom. The van der Waals surface area contributed by atoms with Crippen LogP contribution in [0.3, 0.4) is 0 Å². The highest BCUT2D eigenvalue weighted by molar-refractivity contribution is 7.99. The highest BCUT2D eigenvalue weighted by atomic mass is 32.2. The van der Waals surface area contributed by atoms with Crippen molar-refractivity contribution in [2.75, 3.05) is 18.2 Å². The van der Waals surface area contributed by atoms with Crippen molar-refractivity contribution in [3.63, 3.8) is 0 Å². The van der Waals surface area contributed by atoms with Crippen molar-refractivity contribution in [3.8, 4) is 5.69 Å². The first-order valence-corrected chi connectivity index (χ1v) is 14.4. The number of thioether (sulfide) groups is 1. The number of methoxy groups -OCH3 is 1. The van der Waals surface area contributed by atoms with E-state index in [9.17, 15) is 18.0 Å². The number of aromatic nitrogens is 4. The van der Waals surface area contributed by atoms with Gasteiger partial charge in [0.15, 0.2) is 25.9 Å². The molecule has 2 aromatic carbocycles. The number of esters is 1. The first kappa shape index (κ1) is 26.5. The summed E-state index contributed by atoms with van der Waals surface area (Å²) >= 11 is 2.13. The molecule has 0 spiro atoms. The Kier molecular flexibility index (Phi) is 8.05. The molecule has 10 nitrogen and oxygen atoms in total. The van der Waals surface area contributed by atoms with E-state index in [1.807, 2.05) is 37.3 Å². The van der Waals surface area contributed by atoms with E-state index in [2.05, 4.69) is 20.5 Å². The number of sulfone groups is 1. The molecule has 0 aliphatic heterocycles. The largest absolute Gasteiger partial charge is 0.465 e. The van der Waals surface area contributed by atoms with Crippen LogP contribution in [0.25, 0.3) is 5.69 Å². The number of nitrogens with one attached hydrogen (secondary N) is 1. The summed E-state index contributed by atoms with van der Waals surface area (Å²) in [5.74, 6) is -1.06. The van der Waals surface area contributed by atoms with Crippen LogP contribution >= 0.6 is 23.1 Å². The Morgan fingerprint density at radius 3 is 2.43 bits per heavy atom. The van der Waals surface area contributed by atoms with Gasteiger partial charge in [-0.1, -0.05) is 59.0 Å². The first-order chi connectivity index (χ1) is 17.7. The van der Waals surface area contributed by atoms with E-state index in [4.69, 9.17) is 4.74 Å². The lowest BCUT2D eigenvalue weighted by molar-refractivity contribution is -0.113. The second kappa shape index (κ2) is 11.2. The van der Waals surface area contributed by atoms with E-state index in [1.54, 1.807) is 35.8 Å². The minimum Gasteiger partial charge on any atom is -0.465 e. The van der Waals surface area contributed by atoms with Gasteiger partial charge in [-0.3, -0.25) is 9.36 Å². The van der Waals surface area contributed by atoms with Crippen molar-refractivity contribution >= 4 is 49.9 Å². The Morgan fingerprint density at radius 2 is 1.76 bits per heavy atom. The number of carbonyl (C=O) groups excluding carboxylic acids is 2. The van der Waals surface area contributed by atoms with Crippen molar-refractivity contribution in [3.05, 3.63) is 76.6 Å². The monoisotopic (exact) mass is 557 g/mol. The molecule has 0 saturated carbocycles. The van der Waals surface area contributed by atoms with Crippen LogP contribution in [0.15, 0.2) is 64.6 Å². The van der Waals surface area contributed by atoms with Gasteiger partial charge < -0.3 is 10.1 Å². The van der Waals surface area contributed by atoms with Gasteiger partial charge in [0.25, 0.3) is 0 Å². The fourth-order valence-corrected chi connectivity index (χ4v) is 6.26. The number of aryl methyl sites for hydroxylation is 2. The van der Waals surface area contributed by atoms with Crippen LogP contribution in [0.2, 0.25) is 0 Å². The van der Waals surface area contributed by atoms with Crippen molar-refractivity contribution in [1.82, 2.24) is 19.7 Å². The number of carbonyl (C=O) groups is 2. The lowest BCUT2D eigenvalue weighted by Crippen LogP contribution is -2.15. The molecule has 0 aliphatic rings. The molecular weight excluding hydrogens is 534 g/mol. The van der Waals surface area contributed by atoms with Gasteiger partial charge in [0.1, 0.15) is 10.6 Å². The maximum absolute atomic E-state index is 13.1. The molecule has 0 aliphatic carbocycles. The Bertz CT molecular complexity index is 1530. The zero-order chi connectivity index (χ0) is 26.6. The summed E-state index contributed by atoms with van der Waals surface area (Å²) in [7, 11) is -2.41. The standard InChI is InChI=1S/C24H23N5O5S3/c1-15-9-11-18(12-10-15)37(32,33)14-19-27-28-24(29(19)17-7-5-4-6-8-17)35-13-20(30)26-23-25-16(2)21(36-23)22(31)34-3/h4-12H,13-14H2,1-3H3,(H,25,26,30). The summed E-state index contributed by atoms with van der Waals surface area (Å²) in [4.78, 5) is 29.1. The third-order valence-electron chi connectivity index (χ3n) is 5.16. The fraction of sp³-hybridized carbons (Fsp3) is 0.208. The Balaban J connectivity index is 1.54. The minimum absolute atomic E-state index is 0.0398. The second-order valence-corrected chi connectivity index (χ2v) is 11.8. The number of amides is 1. The van der Waals surface area contributed by atoms with Crippen molar-refractivity contribution in [2.24, 2.45) is 0 Å². The lowest BCUT2D eigenvalue weighted by atomic mass is 10.2. The van der Waals surface area contributed by atoms with E-state index < -0.39 is 15.8 Å². The van der Waals surface area contributed by atoms with Crippen LogP contribution in [-0.2, 0) is 25.1 Å². The van der Waals surface area contributed by atoms with E-state index in [0.717, 1.165) is 28.7 Å². The third kappa shape index (κ3) is 6.24. The van der Waals surface area contributed by atoms with Gasteiger partial charge in [-0.25, -0.2) is 18.2 Å². The van der Waals surface area contributed by atoms with Gasteiger partial charge >= 0.3 is 5.97 Å². The van der Waals surface area contributed by atoms with E-state index in [0.29, 0.717) is 21.4 Å². The molecule has 1 amide bonds. The number of nitrogens with zero attached hydrogens (tertiary/aromatic N) is 4. The molecule has 13 heteroatoms. The molecule has 37 heavy (non-hydrogen) atoms. The highest BCUT2D eigenvalue weighted by Gasteiger charge is 2.23. The van der Waals surface area contributed by atoms with Gasteiger partial charge in [-0.05, 0) is 38.1 Å². The summed E-state index contributed by atoms with van der Waals surface area (Å²) in [6, 6.07) is 15.7. The summed E-state index contributed by atoms with van der Waals surface area (Å²) in [5.41, 5.74) is 2.09. The Labute approximate surface area is 222 Å². The predicted octanol–water partition coefficient (Wildman–Crippen LogP) is 3.83. The number of hydrogen-bond donors (Lipinski definition) is 1. The SMILES string of the molecule is COC(=O)c1sc(NC(=O)CSc2nnc(CS(=O)(=O)c3ccc(C)cc3)n2-c2ccccc2)nc1C. The minimum atomic E-state index is -3.69. The number of ether oxygens (including phenoxy) is 1. The fourth-order valence-electron chi connectivity index (χ4n) is 3.34. The van der Waals surface area contributed by atoms with Crippen molar-refractivity contribution < 1.29 is 22.7 Å². The van der Waals surface area contributed by atoms with Gasteiger partial charge in [0.05, 0.1) is 23.5 Å². The molecule has 4 aromatic rings. The topological polar surface area (TPSA) is 133 Å². The van der Waals surface area contributed by atoms with Crippen LogP contribution in [0.4, 0.5) is 5.13 Å². The smallest absolute Gasteiger partial charge is 0.350 e. The summed E-state index contributed by atoms with van der Waals surface area (Å²) in [6.45, 7) is 3.54. The number of benzene rings is 2. The first-order valence-electron chi connectivity index (χ1n) is 11.0. The quantitative estimate of drug-likeness (QED) is 0.241. The van der Waals surface area contributed by atoms with Crippen LogP contribution in [0.1, 0.15) is 26.8 Å². The zero-order valence-corrected chi connectivity index (χ0v) is 22.6. The average Bonchev–Trinajstić information content (AvgIpc) is 3.45. The summed E-state index contributed by atoms with van der Waals surface area (Å²) < 4.78 is 32.5. The number of anilines is 1. The molecule has 0 atom stereocenters. The maximum Gasteiger partial charge on any atom is 0.350 e. The predicted molar refractivity (Wildman–Crippen MR) is 141 cm³/mol. The van der Waals surface area contributed by atoms with E-state index in [1.165, 1.54) is 7.11 Å². The van der Waals surface area contributed by atoms with Crippen molar-refractivity contribution in [2.45, 2.75) is 29.7 Å². The number of rotatable bonds is 9. The normalized spacial score (nSPS) is 11.3. The molecule has 4 rings (SSSR count). The molecular formula is C24H23N5O5S3. The molecule has 0 bridgehead atoms. The number of thiazole rings is 1. The molecule has 0 unspecified atom stereocenters. The Hall–Kier alpha value is -3.55. The third-order valence-corrected chi connectivity index (χ3v) is 8.77. The van der Waals surface area contributed by atoms with Crippen LogP contribution in [0.5, 0.6) is 0 Å². The van der Waals surface area contributed by atoms with Gasteiger partial charge in [0, 0.05) is 5.69 Å². The van der Waals surface area contributed by atoms with Gasteiger partial charge in [0.2, 0.25) is 5.91 Å². The number of hydrogen-bond acceptors (Lipinski definition) is 10. The van der Waals surface area contributed by atoms with Crippen LogP contribution < -0.4 is 5.32 Å². The van der Waals surface area contributed by atoms with Crippen LogP contribution in [0, 0.1) is 13.8 Å². The molecule has 192 valence electrons. The summed E-state index contributed by atoms with van der Waals surface area (Å²) in [6.07, 6.45) is 0. The molecule has 0 saturated heterocycles. The molecule has 2 heterocycles. The molecule has 2 aromatic heterocycles. The summed E-state index contributed by atoms with van der Waals surface area (Å²) in [5, 5.41) is 11.6. The zero-order valence-electron chi connectivity index (χ0n) is 20.2. The average molecular weight is 558 g/mol. The molecule has 0 radical (unpaired) electrons.